The molecule has 106 valence electrons. The van der Waals surface area contributed by atoms with E-state index in [0.29, 0.717) is 10.4 Å². The van der Waals surface area contributed by atoms with Crippen molar-refractivity contribution in [2.75, 3.05) is 0 Å². The Hall–Kier alpha value is -2.58. The molecule has 4 rings (SSSR count). The molecule has 3 heteroatoms. The molecule has 0 unspecified atom stereocenters. The van der Waals surface area contributed by atoms with Crippen molar-refractivity contribution >= 4 is 33.3 Å². The second kappa shape index (κ2) is 5.00. The molecule has 0 saturated heterocycles. The van der Waals surface area contributed by atoms with E-state index < -0.39 is 0 Å². The van der Waals surface area contributed by atoms with E-state index in [1.807, 2.05) is 72.8 Å². The van der Waals surface area contributed by atoms with Gasteiger partial charge in [0.2, 0.25) is 0 Å². The second-order valence-electron chi connectivity index (χ2n) is 5.18. The van der Waals surface area contributed by atoms with Crippen LogP contribution in [0.4, 0.5) is 0 Å². The van der Waals surface area contributed by atoms with Gasteiger partial charge in [0.15, 0.2) is 0 Å². The van der Waals surface area contributed by atoms with Gasteiger partial charge in [-0.1, -0.05) is 48.0 Å². The first-order valence-electron chi connectivity index (χ1n) is 7.04. The molecule has 0 atom stereocenters. The minimum Gasteiger partial charge on any atom is -0.276 e. The molecular formula is C19H12ClNO. The van der Waals surface area contributed by atoms with Crippen molar-refractivity contribution in [2.45, 2.75) is 0 Å². The molecule has 1 heterocycles. The van der Waals surface area contributed by atoms with Gasteiger partial charge in [-0.25, -0.2) is 0 Å². The van der Waals surface area contributed by atoms with E-state index in [1.165, 1.54) is 0 Å². The summed E-state index contributed by atoms with van der Waals surface area (Å²) in [6, 6.07) is 22.9. The lowest BCUT2D eigenvalue weighted by Gasteiger charge is -2.13. The van der Waals surface area contributed by atoms with Crippen LogP contribution in [0.5, 0.6) is 0 Å². The molecule has 0 aliphatic heterocycles. The maximum Gasteiger partial charge on any atom is 0.263 e. The van der Waals surface area contributed by atoms with Gasteiger partial charge >= 0.3 is 0 Å². The van der Waals surface area contributed by atoms with Crippen LogP contribution in [-0.4, -0.2) is 4.57 Å². The molecule has 2 nitrogen and oxygen atoms in total. The summed E-state index contributed by atoms with van der Waals surface area (Å²) in [6.45, 7) is 0. The minimum absolute atomic E-state index is 0.0170. The van der Waals surface area contributed by atoms with Gasteiger partial charge in [-0.15, -0.1) is 0 Å². The predicted octanol–water partition coefficient (Wildman–Crippen LogP) is 4.80. The Bertz CT molecular complexity index is 1050. The number of rotatable bonds is 1. The van der Waals surface area contributed by atoms with Crippen LogP contribution in [0, 0.1) is 0 Å². The van der Waals surface area contributed by atoms with Crippen molar-refractivity contribution < 1.29 is 0 Å². The molecule has 0 amide bonds. The highest BCUT2D eigenvalue weighted by Gasteiger charge is 2.11. The normalized spacial score (nSPS) is 11.1. The fourth-order valence-electron chi connectivity index (χ4n) is 2.89. The number of aromatic nitrogens is 1. The number of benzene rings is 3. The van der Waals surface area contributed by atoms with Crippen LogP contribution in [0.2, 0.25) is 5.02 Å². The van der Waals surface area contributed by atoms with Crippen molar-refractivity contribution in [1.29, 1.82) is 0 Å². The van der Waals surface area contributed by atoms with Crippen LogP contribution < -0.4 is 5.56 Å². The number of para-hydroxylation sites is 1. The molecule has 1 aromatic heterocycles. The number of pyridine rings is 1. The number of hydrogen-bond acceptors (Lipinski definition) is 1. The highest BCUT2D eigenvalue weighted by Crippen LogP contribution is 2.27. The Balaban J connectivity index is 2.29. The highest BCUT2D eigenvalue weighted by molar-refractivity contribution is 6.31. The van der Waals surface area contributed by atoms with Gasteiger partial charge in [-0.3, -0.25) is 9.36 Å². The van der Waals surface area contributed by atoms with E-state index >= 15 is 0 Å². The van der Waals surface area contributed by atoms with Crippen LogP contribution in [0.3, 0.4) is 0 Å². The molecule has 0 saturated carbocycles. The van der Waals surface area contributed by atoms with E-state index in [4.69, 9.17) is 11.6 Å². The molecule has 0 fully saturated rings. The van der Waals surface area contributed by atoms with E-state index in [9.17, 15) is 4.79 Å². The molecule has 0 aliphatic carbocycles. The summed E-state index contributed by atoms with van der Waals surface area (Å²) in [6.07, 6.45) is 0. The highest BCUT2D eigenvalue weighted by atomic mass is 35.5. The van der Waals surface area contributed by atoms with Gasteiger partial charge in [0.1, 0.15) is 0 Å². The molecule has 22 heavy (non-hydrogen) atoms. The first-order valence-corrected chi connectivity index (χ1v) is 7.42. The van der Waals surface area contributed by atoms with E-state index in [-0.39, 0.29) is 5.56 Å². The first kappa shape index (κ1) is 13.1. The third-order valence-electron chi connectivity index (χ3n) is 3.86. The topological polar surface area (TPSA) is 22.0 Å². The number of fused-ring (bicyclic) bond motifs is 3. The standard InChI is InChI=1S/C19H12ClNO/c20-13-10-11-18-17(12-13)15-8-4-5-9-16(15)19(22)21(18)14-6-2-1-3-7-14/h1-12H. The summed E-state index contributed by atoms with van der Waals surface area (Å²) < 4.78 is 1.74. The first-order chi connectivity index (χ1) is 10.8. The average Bonchev–Trinajstić information content (AvgIpc) is 2.57. The van der Waals surface area contributed by atoms with Crippen molar-refractivity contribution in [3.05, 3.63) is 88.2 Å². The Labute approximate surface area is 132 Å². The van der Waals surface area contributed by atoms with E-state index in [2.05, 4.69) is 0 Å². The summed E-state index contributed by atoms with van der Waals surface area (Å²) in [5.74, 6) is 0. The maximum absolute atomic E-state index is 13.0. The molecular weight excluding hydrogens is 294 g/mol. The molecule has 4 aromatic rings. The molecule has 3 aromatic carbocycles. The molecule has 0 N–H and O–H groups in total. The zero-order valence-electron chi connectivity index (χ0n) is 11.7. The van der Waals surface area contributed by atoms with E-state index in [1.54, 1.807) is 4.57 Å². The largest absolute Gasteiger partial charge is 0.276 e. The Morgan fingerprint density at radius 1 is 0.727 bits per heavy atom. The van der Waals surface area contributed by atoms with Crippen LogP contribution in [-0.2, 0) is 0 Å². The van der Waals surface area contributed by atoms with Crippen LogP contribution in [0.15, 0.2) is 77.6 Å². The maximum atomic E-state index is 13.0. The van der Waals surface area contributed by atoms with Crippen LogP contribution >= 0.6 is 11.6 Å². The monoisotopic (exact) mass is 305 g/mol. The summed E-state index contributed by atoms with van der Waals surface area (Å²) in [5, 5.41) is 3.26. The van der Waals surface area contributed by atoms with Crippen LogP contribution in [0.1, 0.15) is 0 Å². The van der Waals surface area contributed by atoms with Crippen molar-refractivity contribution in [3.8, 4) is 5.69 Å². The third kappa shape index (κ3) is 1.92. The Morgan fingerprint density at radius 3 is 2.18 bits per heavy atom. The number of hydrogen-bond donors (Lipinski definition) is 0. The van der Waals surface area contributed by atoms with Gasteiger partial charge < -0.3 is 0 Å². The second-order valence-corrected chi connectivity index (χ2v) is 5.62. The van der Waals surface area contributed by atoms with Gasteiger partial charge in [0.25, 0.3) is 5.56 Å². The average molecular weight is 306 g/mol. The smallest absolute Gasteiger partial charge is 0.263 e. The van der Waals surface area contributed by atoms with Crippen molar-refractivity contribution in [3.63, 3.8) is 0 Å². The summed E-state index contributed by atoms with van der Waals surface area (Å²) in [5.41, 5.74) is 1.70. The molecule has 0 aliphatic rings. The SMILES string of the molecule is O=c1c2ccccc2c2cc(Cl)ccc2n1-c1ccccc1. The van der Waals surface area contributed by atoms with Crippen molar-refractivity contribution in [2.24, 2.45) is 0 Å². The Kier molecular flexibility index (Phi) is 2.98. The summed E-state index contributed by atoms with van der Waals surface area (Å²) in [4.78, 5) is 13.0. The van der Waals surface area contributed by atoms with Crippen molar-refractivity contribution in [1.82, 2.24) is 4.57 Å². The summed E-state index contributed by atoms with van der Waals surface area (Å²) >= 11 is 6.17. The van der Waals surface area contributed by atoms with Gasteiger partial charge in [0.05, 0.1) is 5.52 Å². The molecule has 0 spiro atoms. The van der Waals surface area contributed by atoms with Gasteiger partial charge in [-0.05, 0) is 41.8 Å². The third-order valence-corrected chi connectivity index (χ3v) is 4.10. The molecule has 0 radical (unpaired) electrons. The lowest BCUT2D eigenvalue weighted by atomic mass is 10.1. The zero-order chi connectivity index (χ0) is 15.1. The van der Waals surface area contributed by atoms with Gasteiger partial charge in [-0.2, -0.15) is 0 Å². The fraction of sp³-hybridized carbons (Fsp3) is 0. The fourth-order valence-corrected chi connectivity index (χ4v) is 3.06. The van der Waals surface area contributed by atoms with Crippen LogP contribution in [0.25, 0.3) is 27.4 Å². The van der Waals surface area contributed by atoms with E-state index in [0.717, 1.165) is 22.0 Å². The molecule has 0 bridgehead atoms. The quantitative estimate of drug-likeness (QED) is 0.463. The lowest BCUT2D eigenvalue weighted by molar-refractivity contribution is 1.06. The Morgan fingerprint density at radius 2 is 1.41 bits per heavy atom. The van der Waals surface area contributed by atoms with Gasteiger partial charge in [0, 0.05) is 21.5 Å². The summed E-state index contributed by atoms with van der Waals surface area (Å²) in [7, 11) is 0. The zero-order valence-corrected chi connectivity index (χ0v) is 12.4. The number of nitrogens with zero attached hydrogens (tertiary/aromatic N) is 1. The lowest BCUT2D eigenvalue weighted by Crippen LogP contribution is -2.19. The minimum atomic E-state index is -0.0170. The number of halogens is 1. The predicted molar refractivity (Wildman–Crippen MR) is 92.1 cm³/mol.